The van der Waals surface area contributed by atoms with Gasteiger partial charge >= 0.3 is 0 Å². The fourth-order valence-electron chi connectivity index (χ4n) is 0.418. The largest absolute Gasteiger partial charge is 0.368 e. The molecule has 3 heteroatoms. The van der Waals surface area contributed by atoms with Crippen molar-refractivity contribution in [1.82, 2.24) is 5.32 Å². The summed E-state index contributed by atoms with van der Waals surface area (Å²) in [6.45, 7) is 2.92. The van der Waals surface area contributed by atoms with Crippen LogP contribution in [0.15, 0.2) is 0 Å². The molecule has 0 aromatic rings. The lowest BCUT2D eigenvalue weighted by Gasteiger charge is -1.97. The second kappa shape index (κ2) is 5.52. The van der Waals surface area contributed by atoms with Gasteiger partial charge in [0.15, 0.2) is 4.99 Å². The number of nitrogens with one attached hydrogen (secondary N) is 1. The lowest BCUT2D eigenvalue weighted by atomic mass is 10.3. The summed E-state index contributed by atoms with van der Waals surface area (Å²) in [5.74, 6) is 0. The minimum atomic E-state index is 0.295. The third-order valence-electron chi connectivity index (χ3n) is 0.917. The highest BCUT2D eigenvalue weighted by atomic mass is 32.1. The van der Waals surface area contributed by atoms with E-state index in [4.69, 9.17) is 5.26 Å². The third-order valence-corrected chi connectivity index (χ3v) is 1.15. The van der Waals surface area contributed by atoms with Gasteiger partial charge in [-0.2, -0.15) is 5.26 Å². The lowest BCUT2D eigenvalue weighted by molar-refractivity contribution is 0.760. The molecule has 0 unspecified atom stereocenters. The molecular weight excluding hydrogens is 132 g/mol. The van der Waals surface area contributed by atoms with Crippen LogP contribution in [0.4, 0.5) is 0 Å². The summed E-state index contributed by atoms with van der Waals surface area (Å²) < 4.78 is 0. The topological polar surface area (TPSA) is 35.8 Å². The first-order valence-electron chi connectivity index (χ1n) is 2.99. The van der Waals surface area contributed by atoms with Crippen LogP contribution in [0.2, 0.25) is 0 Å². The van der Waals surface area contributed by atoms with Crippen molar-refractivity contribution in [3.63, 3.8) is 0 Å². The van der Waals surface area contributed by atoms with Gasteiger partial charge in [0, 0.05) is 6.54 Å². The summed E-state index contributed by atoms with van der Waals surface area (Å²) in [6.07, 6.45) is 2.20. The van der Waals surface area contributed by atoms with Crippen LogP contribution < -0.4 is 5.32 Å². The van der Waals surface area contributed by atoms with Gasteiger partial charge in [0.1, 0.15) is 6.07 Å². The smallest absolute Gasteiger partial charge is 0.178 e. The Bertz CT molecular complexity index is 126. The second-order valence-electron chi connectivity index (χ2n) is 1.72. The molecule has 0 saturated heterocycles. The van der Waals surface area contributed by atoms with Crippen molar-refractivity contribution in [2.45, 2.75) is 19.8 Å². The summed E-state index contributed by atoms with van der Waals surface area (Å²) in [6, 6.07) is 1.84. The van der Waals surface area contributed by atoms with Crippen LogP contribution >= 0.6 is 12.2 Å². The molecule has 0 fully saturated rings. The molecule has 0 aliphatic rings. The molecule has 0 saturated carbocycles. The Hall–Kier alpha value is -0.620. The fourth-order valence-corrected chi connectivity index (χ4v) is 0.520. The normalized spacial score (nSPS) is 8.00. The first-order valence-corrected chi connectivity index (χ1v) is 3.40. The Labute approximate surface area is 60.9 Å². The fraction of sp³-hybridized carbons (Fsp3) is 0.667. The third kappa shape index (κ3) is 5.25. The van der Waals surface area contributed by atoms with Crippen molar-refractivity contribution in [3.05, 3.63) is 0 Å². The highest BCUT2D eigenvalue weighted by molar-refractivity contribution is 7.80. The van der Waals surface area contributed by atoms with Crippen LogP contribution in [0.1, 0.15) is 19.8 Å². The summed E-state index contributed by atoms with van der Waals surface area (Å²) in [5, 5.41) is 11.0. The minimum Gasteiger partial charge on any atom is -0.368 e. The van der Waals surface area contributed by atoms with E-state index >= 15 is 0 Å². The average Bonchev–Trinajstić information content (AvgIpc) is 1.89. The predicted octanol–water partition coefficient (Wildman–Crippen LogP) is 1.23. The Morgan fingerprint density at radius 2 is 2.44 bits per heavy atom. The van der Waals surface area contributed by atoms with E-state index in [0.717, 1.165) is 19.4 Å². The first-order chi connectivity index (χ1) is 4.31. The van der Waals surface area contributed by atoms with Gasteiger partial charge < -0.3 is 5.32 Å². The molecule has 0 heterocycles. The number of nitriles is 1. The Kier molecular flexibility index (Phi) is 5.14. The van der Waals surface area contributed by atoms with Crippen molar-refractivity contribution in [3.8, 4) is 6.07 Å². The zero-order valence-corrected chi connectivity index (χ0v) is 6.29. The monoisotopic (exact) mass is 142 g/mol. The molecule has 0 aromatic carbocycles. The van der Waals surface area contributed by atoms with Crippen LogP contribution in [0, 0.1) is 11.3 Å². The summed E-state index contributed by atoms with van der Waals surface area (Å²) in [4.78, 5) is 0.295. The van der Waals surface area contributed by atoms with Gasteiger partial charge in [-0.25, -0.2) is 0 Å². The van der Waals surface area contributed by atoms with Crippen molar-refractivity contribution in [2.75, 3.05) is 6.54 Å². The molecule has 0 rings (SSSR count). The standard InChI is InChI=1S/C6H10N2S/c1-2-3-4-8-6(9)5-7/h2-4H2,1H3,(H,8,9). The summed E-state index contributed by atoms with van der Waals surface area (Å²) >= 11 is 4.60. The predicted molar refractivity (Wildman–Crippen MR) is 41.1 cm³/mol. The van der Waals surface area contributed by atoms with Crippen molar-refractivity contribution in [1.29, 1.82) is 5.26 Å². The van der Waals surface area contributed by atoms with Crippen molar-refractivity contribution in [2.24, 2.45) is 0 Å². The van der Waals surface area contributed by atoms with Crippen LogP contribution in [0.25, 0.3) is 0 Å². The Morgan fingerprint density at radius 1 is 1.78 bits per heavy atom. The SMILES string of the molecule is CCCCNC(=S)C#N. The number of hydrogen-bond acceptors (Lipinski definition) is 2. The maximum Gasteiger partial charge on any atom is 0.178 e. The van der Waals surface area contributed by atoms with Gasteiger partial charge in [0.05, 0.1) is 0 Å². The number of nitrogens with zero attached hydrogens (tertiary/aromatic N) is 1. The molecule has 2 nitrogen and oxygen atoms in total. The summed E-state index contributed by atoms with van der Waals surface area (Å²) in [7, 11) is 0. The molecule has 0 amide bonds. The number of hydrogen-bond donors (Lipinski definition) is 1. The maximum absolute atomic E-state index is 8.18. The average molecular weight is 142 g/mol. The van der Waals surface area contributed by atoms with E-state index in [9.17, 15) is 0 Å². The van der Waals surface area contributed by atoms with Crippen LogP contribution in [0.3, 0.4) is 0 Å². The van der Waals surface area contributed by atoms with E-state index in [0.29, 0.717) is 4.99 Å². The Balaban J connectivity index is 3.10. The van der Waals surface area contributed by atoms with Gasteiger partial charge in [0.25, 0.3) is 0 Å². The molecule has 9 heavy (non-hydrogen) atoms. The summed E-state index contributed by atoms with van der Waals surface area (Å²) in [5.41, 5.74) is 0. The maximum atomic E-state index is 8.18. The highest BCUT2D eigenvalue weighted by Gasteiger charge is 1.87. The van der Waals surface area contributed by atoms with E-state index in [2.05, 4.69) is 24.5 Å². The molecule has 0 aliphatic carbocycles. The molecule has 0 bridgehead atoms. The highest BCUT2D eigenvalue weighted by Crippen LogP contribution is 1.81. The first kappa shape index (κ1) is 8.38. The molecule has 50 valence electrons. The molecule has 0 spiro atoms. The van der Waals surface area contributed by atoms with Gasteiger partial charge in [-0.1, -0.05) is 13.3 Å². The molecule has 1 N–H and O–H groups in total. The van der Waals surface area contributed by atoms with E-state index < -0.39 is 0 Å². The number of rotatable bonds is 3. The van der Waals surface area contributed by atoms with Gasteiger partial charge in [-0.3, -0.25) is 0 Å². The van der Waals surface area contributed by atoms with E-state index in [-0.39, 0.29) is 0 Å². The minimum absolute atomic E-state index is 0.295. The zero-order chi connectivity index (χ0) is 7.11. The zero-order valence-electron chi connectivity index (χ0n) is 5.48. The van der Waals surface area contributed by atoms with E-state index in [1.54, 1.807) is 0 Å². The van der Waals surface area contributed by atoms with Crippen LogP contribution in [-0.4, -0.2) is 11.5 Å². The quantitative estimate of drug-likeness (QED) is 0.475. The van der Waals surface area contributed by atoms with Crippen LogP contribution in [-0.2, 0) is 0 Å². The van der Waals surface area contributed by atoms with Gasteiger partial charge in [0.2, 0.25) is 0 Å². The molecule has 0 radical (unpaired) electrons. The molecule has 0 atom stereocenters. The van der Waals surface area contributed by atoms with Crippen molar-refractivity contribution < 1.29 is 0 Å². The van der Waals surface area contributed by atoms with E-state index in [1.165, 1.54) is 0 Å². The molecule has 0 aliphatic heterocycles. The Morgan fingerprint density at radius 3 is 2.89 bits per heavy atom. The van der Waals surface area contributed by atoms with E-state index in [1.807, 2.05) is 6.07 Å². The number of unbranched alkanes of at least 4 members (excludes halogenated alkanes) is 1. The molecular formula is C6H10N2S. The van der Waals surface area contributed by atoms with Crippen molar-refractivity contribution >= 4 is 17.2 Å². The second-order valence-corrected chi connectivity index (χ2v) is 2.13. The van der Waals surface area contributed by atoms with Gasteiger partial charge in [-0.15, -0.1) is 0 Å². The lowest BCUT2D eigenvalue weighted by Crippen LogP contribution is -2.20. The molecule has 0 aromatic heterocycles. The van der Waals surface area contributed by atoms with Crippen LogP contribution in [0.5, 0.6) is 0 Å². The van der Waals surface area contributed by atoms with Gasteiger partial charge in [-0.05, 0) is 18.6 Å². The number of thiocarbonyl (C=S) groups is 1.